The second-order valence-corrected chi connectivity index (χ2v) is 8.87. The largest absolute Gasteiger partial charge is 0.361 e. The fourth-order valence-electron chi connectivity index (χ4n) is 2.70. The van der Waals surface area contributed by atoms with Gasteiger partial charge in [0, 0.05) is 35.7 Å². The number of fused-ring (bicyclic) bond motifs is 1. The first-order valence-electron chi connectivity index (χ1n) is 9.94. The molecule has 1 unspecified atom stereocenters. The lowest BCUT2D eigenvalue weighted by Crippen LogP contribution is -2.44. The van der Waals surface area contributed by atoms with E-state index in [1.54, 1.807) is 19.2 Å². The van der Waals surface area contributed by atoms with Crippen molar-refractivity contribution in [2.24, 2.45) is 0 Å². The fourth-order valence-corrected chi connectivity index (χ4v) is 2.97. The Morgan fingerprint density at radius 2 is 2.06 bits per heavy atom. The molecule has 0 saturated carbocycles. The predicted molar refractivity (Wildman–Crippen MR) is 124 cm³/mol. The Labute approximate surface area is 187 Å². The van der Waals surface area contributed by atoms with Gasteiger partial charge in [-0.25, -0.2) is 4.39 Å². The molecule has 7 heteroatoms. The highest BCUT2D eigenvalue weighted by Gasteiger charge is 2.28. The minimum Gasteiger partial charge on any atom is -0.361 e. The predicted octanol–water partition coefficient (Wildman–Crippen LogP) is 5.00. The number of hydrogen-bond donors (Lipinski definition) is 1. The van der Waals surface area contributed by atoms with Gasteiger partial charge in [-0.15, -0.1) is 6.42 Å². The summed E-state index contributed by atoms with van der Waals surface area (Å²) in [5, 5.41) is 7.79. The van der Waals surface area contributed by atoms with Crippen LogP contribution in [0.5, 0.6) is 0 Å². The molecule has 1 atom stereocenters. The van der Waals surface area contributed by atoms with Crippen molar-refractivity contribution in [3.8, 4) is 12.3 Å². The molecule has 0 radical (unpaired) electrons. The Morgan fingerprint density at radius 3 is 2.65 bits per heavy atom. The van der Waals surface area contributed by atoms with E-state index in [1.165, 1.54) is 17.8 Å². The summed E-state index contributed by atoms with van der Waals surface area (Å²) < 4.78 is 18.3. The van der Waals surface area contributed by atoms with Gasteiger partial charge in [-0.3, -0.25) is 9.78 Å². The molecular formula is C24H28FN3O2S. The first-order chi connectivity index (χ1) is 14.6. The van der Waals surface area contributed by atoms with E-state index in [-0.39, 0.29) is 17.0 Å². The molecule has 5 nitrogen and oxygen atoms in total. The maximum atomic E-state index is 13.2. The minimum atomic E-state index is -0.502. The highest BCUT2D eigenvalue weighted by Crippen LogP contribution is 2.21. The Morgan fingerprint density at radius 1 is 1.35 bits per heavy atom. The third-order valence-electron chi connectivity index (χ3n) is 4.83. The second-order valence-electron chi connectivity index (χ2n) is 7.69. The molecule has 1 aromatic carbocycles. The monoisotopic (exact) mass is 441 g/mol. The van der Waals surface area contributed by atoms with E-state index in [1.807, 2.05) is 46.1 Å². The first-order valence-corrected chi connectivity index (χ1v) is 11.2. The Balaban J connectivity index is 0.000000224. The van der Waals surface area contributed by atoms with Crippen LogP contribution in [0.3, 0.4) is 0 Å². The minimum absolute atomic E-state index is 0.0172. The van der Waals surface area contributed by atoms with Crippen molar-refractivity contribution in [3.63, 3.8) is 0 Å². The highest BCUT2D eigenvalue weighted by molar-refractivity contribution is 7.99. The van der Waals surface area contributed by atoms with E-state index in [9.17, 15) is 9.18 Å². The van der Waals surface area contributed by atoms with Crippen molar-refractivity contribution in [1.82, 2.24) is 15.5 Å². The maximum Gasteiger partial charge on any atom is 0.233 e. The van der Waals surface area contributed by atoms with Gasteiger partial charge in [-0.05, 0) is 51.6 Å². The number of thioether (sulfide) groups is 1. The van der Waals surface area contributed by atoms with Crippen LogP contribution in [0.1, 0.15) is 50.3 Å². The Kier molecular flexibility index (Phi) is 8.23. The van der Waals surface area contributed by atoms with E-state index in [4.69, 9.17) is 10.9 Å². The number of carbonyl (C=O) groups is 1. The number of pyridine rings is 1. The van der Waals surface area contributed by atoms with Crippen LogP contribution in [0, 0.1) is 25.1 Å². The van der Waals surface area contributed by atoms with Gasteiger partial charge in [0.05, 0.1) is 16.3 Å². The highest BCUT2D eigenvalue weighted by atomic mass is 32.2. The van der Waals surface area contributed by atoms with Gasteiger partial charge in [0.2, 0.25) is 5.91 Å². The van der Waals surface area contributed by atoms with Crippen LogP contribution >= 0.6 is 11.8 Å². The van der Waals surface area contributed by atoms with Crippen LogP contribution in [0.4, 0.5) is 4.39 Å². The average Bonchev–Trinajstić information content (AvgIpc) is 3.24. The van der Waals surface area contributed by atoms with E-state index in [2.05, 4.69) is 21.4 Å². The lowest BCUT2D eigenvalue weighted by Gasteiger charge is -2.25. The molecule has 0 aliphatic rings. The maximum absolute atomic E-state index is 13.2. The SMILES string of the molecule is C#Cc1cnc2cc(F)c(C)cc2c1.CCc1cc(C(C)(C)NC(=O)C(C)SC)no1. The molecule has 2 aromatic heterocycles. The van der Waals surface area contributed by atoms with Gasteiger partial charge in [0.1, 0.15) is 17.3 Å². The van der Waals surface area contributed by atoms with Crippen molar-refractivity contribution >= 4 is 28.6 Å². The topological polar surface area (TPSA) is 68.0 Å². The molecule has 1 N–H and O–H groups in total. The number of nitrogens with zero attached hydrogens (tertiary/aromatic N) is 2. The molecule has 0 aliphatic carbocycles. The number of aromatic nitrogens is 2. The Bertz CT molecular complexity index is 1100. The molecule has 3 aromatic rings. The number of aryl methyl sites for hydroxylation is 2. The summed E-state index contributed by atoms with van der Waals surface area (Å²) in [6.07, 6.45) is 9.53. The summed E-state index contributed by atoms with van der Waals surface area (Å²) in [6.45, 7) is 9.46. The van der Waals surface area contributed by atoms with E-state index in [0.29, 0.717) is 16.6 Å². The summed E-state index contributed by atoms with van der Waals surface area (Å²) >= 11 is 1.52. The molecular weight excluding hydrogens is 413 g/mol. The van der Waals surface area contributed by atoms with Crippen LogP contribution in [-0.2, 0) is 16.8 Å². The summed E-state index contributed by atoms with van der Waals surface area (Å²) in [5.41, 5.74) is 2.21. The van der Waals surface area contributed by atoms with E-state index < -0.39 is 5.54 Å². The zero-order chi connectivity index (χ0) is 23.2. The number of terminal acetylenes is 1. The quantitative estimate of drug-likeness (QED) is 0.564. The number of halogens is 1. The van der Waals surface area contributed by atoms with Gasteiger partial charge in [-0.1, -0.05) is 18.0 Å². The zero-order valence-electron chi connectivity index (χ0n) is 18.7. The summed E-state index contributed by atoms with van der Waals surface area (Å²) in [6, 6.07) is 6.89. The molecule has 3 rings (SSSR count). The number of rotatable bonds is 5. The fraction of sp³-hybridized carbons (Fsp3) is 0.375. The summed E-state index contributed by atoms with van der Waals surface area (Å²) in [4.78, 5) is 15.9. The van der Waals surface area contributed by atoms with Crippen molar-refractivity contribution in [1.29, 1.82) is 0 Å². The van der Waals surface area contributed by atoms with Gasteiger partial charge >= 0.3 is 0 Å². The lowest BCUT2D eigenvalue weighted by molar-refractivity contribution is -0.122. The average molecular weight is 442 g/mol. The number of nitrogens with one attached hydrogen (secondary N) is 1. The first kappa shape index (κ1) is 24.4. The standard InChI is InChI=1S/C12H8FN.C12H20N2O2S/c1-3-9-5-10-4-8(2)11(13)6-12(10)14-7-9;1-6-9-7-10(14-16-9)12(3,4)13-11(15)8(2)17-5/h1,4-7H,2H3;7-8H,6H2,1-5H3,(H,13,15). The lowest BCUT2D eigenvalue weighted by atomic mass is 10.00. The summed E-state index contributed by atoms with van der Waals surface area (Å²) in [7, 11) is 0. The molecule has 31 heavy (non-hydrogen) atoms. The normalized spacial score (nSPS) is 11.9. The molecule has 0 saturated heterocycles. The molecule has 0 bridgehead atoms. The summed E-state index contributed by atoms with van der Waals surface area (Å²) in [5.74, 6) is 3.11. The molecule has 0 spiro atoms. The van der Waals surface area contributed by atoms with Crippen molar-refractivity contribution in [2.45, 2.75) is 51.8 Å². The van der Waals surface area contributed by atoms with Gasteiger partial charge in [0.15, 0.2) is 0 Å². The number of hydrogen-bond acceptors (Lipinski definition) is 5. The third kappa shape index (κ3) is 6.31. The van der Waals surface area contributed by atoms with Crippen LogP contribution < -0.4 is 5.32 Å². The van der Waals surface area contributed by atoms with Crippen LogP contribution in [0.2, 0.25) is 0 Å². The van der Waals surface area contributed by atoms with Gasteiger partial charge in [-0.2, -0.15) is 11.8 Å². The molecule has 2 heterocycles. The van der Waals surface area contributed by atoms with Crippen LogP contribution in [0.15, 0.2) is 35.0 Å². The number of amides is 1. The molecule has 164 valence electrons. The van der Waals surface area contributed by atoms with E-state index >= 15 is 0 Å². The van der Waals surface area contributed by atoms with E-state index in [0.717, 1.165) is 23.3 Å². The van der Waals surface area contributed by atoms with Crippen molar-refractivity contribution < 1.29 is 13.7 Å². The van der Waals surface area contributed by atoms with Gasteiger partial charge < -0.3 is 9.84 Å². The van der Waals surface area contributed by atoms with Crippen LogP contribution in [-0.4, -0.2) is 27.6 Å². The Hall–Kier alpha value is -2.85. The number of benzene rings is 1. The van der Waals surface area contributed by atoms with Crippen LogP contribution in [0.25, 0.3) is 10.9 Å². The molecule has 0 fully saturated rings. The third-order valence-corrected chi connectivity index (χ3v) is 5.76. The van der Waals surface area contributed by atoms with Gasteiger partial charge in [0.25, 0.3) is 0 Å². The molecule has 0 aliphatic heterocycles. The zero-order valence-corrected chi connectivity index (χ0v) is 19.6. The number of carbonyl (C=O) groups excluding carboxylic acids is 1. The second kappa shape index (κ2) is 10.5. The van der Waals surface area contributed by atoms with Crippen molar-refractivity contribution in [2.75, 3.05) is 6.26 Å². The smallest absolute Gasteiger partial charge is 0.233 e. The van der Waals surface area contributed by atoms with Crippen molar-refractivity contribution in [3.05, 3.63) is 58.9 Å². The molecule has 1 amide bonds.